The van der Waals surface area contributed by atoms with Crippen molar-refractivity contribution in [2.75, 3.05) is 18.4 Å². The van der Waals surface area contributed by atoms with Crippen LogP contribution in [0.2, 0.25) is 0 Å². The van der Waals surface area contributed by atoms with E-state index in [-0.39, 0.29) is 5.91 Å². The highest BCUT2D eigenvalue weighted by atomic mass is 16.2. The van der Waals surface area contributed by atoms with Gasteiger partial charge in [-0.15, -0.1) is 0 Å². The number of nitrogens with zero attached hydrogens (tertiary/aromatic N) is 2. The van der Waals surface area contributed by atoms with Crippen molar-refractivity contribution in [3.05, 3.63) is 95.7 Å². The van der Waals surface area contributed by atoms with Crippen molar-refractivity contribution in [2.45, 2.75) is 19.9 Å². The van der Waals surface area contributed by atoms with Gasteiger partial charge in [0.1, 0.15) is 5.82 Å². The van der Waals surface area contributed by atoms with E-state index < -0.39 is 0 Å². The molecule has 0 saturated carbocycles. The van der Waals surface area contributed by atoms with Crippen molar-refractivity contribution in [3.63, 3.8) is 0 Å². The third kappa shape index (κ3) is 5.42. The van der Waals surface area contributed by atoms with Crippen LogP contribution in [0.25, 0.3) is 0 Å². The maximum absolute atomic E-state index is 12.9. The molecule has 0 fully saturated rings. The molecule has 0 unspecified atom stereocenters. The Morgan fingerprint density at radius 1 is 0.963 bits per heavy atom. The van der Waals surface area contributed by atoms with E-state index in [9.17, 15) is 4.79 Å². The molecule has 1 aromatic heterocycles. The molecule has 0 atom stereocenters. The van der Waals surface area contributed by atoms with Gasteiger partial charge < -0.3 is 10.2 Å². The van der Waals surface area contributed by atoms with Crippen LogP contribution in [-0.2, 0) is 13.0 Å². The summed E-state index contributed by atoms with van der Waals surface area (Å²) >= 11 is 0. The van der Waals surface area contributed by atoms with Crippen molar-refractivity contribution in [2.24, 2.45) is 0 Å². The van der Waals surface area contributed by atoms with Crippen LogP contribution in [0.5, 0.6) is 0 Å². The Morgan fingerprint density at radius 2 is 1.63 bits per heavy atom. The van der Waals surface area contributed by atoms with E-state index in [4.69, 9.17) is 0 Å². The number of benzene rings is 2. The topological polar surface area (TPSA) is 45.2 Å². The van der Waals surface area contributed by atoms with Crippen LogP contribution in [0, 0.1) is 0 Å². The fourth-order valence-electron chi connectivity index (χ4n) is 2.95. The van der Waals surface area contributed by atoms with Gasteiger partial charge in [-0.2, -0.15) is 0 Å². The van der Waals surface area contributed by atoms with Crippen LogP contribution in [0.4, 0.5) is 5.82 Å². The third-order valence-electron chi connectivity index (χ3n) is 4.45. The van der Waals surface area contributed by atoms with Gasteiger partial charge in [-0.1, -0.05) is 60.7 Å². The number of hydrogen-bond acceptors (Lipinski definition) is 3. The summed E-state index contributed by atoms with van der Waals surface area (Å²) in [6, 6.07) is 24.0. The van der Waals surface area contributed by atoms with E-state index in [1.807, 2.05) is 66.4 Å². The predicted octanol–water partition coefficient (Wildman–Crippen LogP) is 4.40. The second kappa shape index (κ2) is 9.53. The van der Waals surface area contributed by atoms with Gasteiger partial charge >= 0.3 is 0 Å². The van der Waals surface area contributed by atoms with Crippen LogP contribution in [0.3, 0.4) is 0 Å². The van der Waals surface area contributed by atoms with Gasteiger partial charge in [0.05, 0.1) is 0 Å². The van der Waals surface area contributed by atoms with Crippen LogP contribution in [0.15, 0.2) is 79.0 Å². The predicted molar refractivity (Wildman–Crippen MR) is 110 cm³/mol. The second-order valence-electron chi connectivity index (χ2n) is 6.40. The molecule has 0 spiro atoms. The molecule has 4 nitrogen and oxygen atoms in total. The number of hydrogen-bond donors (Lipinski definition) is 1. The van der Waals surface area contributed by atoms with Gasteiger partial charge in [-0.3, -0.25) is 4.79 Å². The number of pyridine rings is 1. The summed E-state index contributed by atoms with van der Waals surface area (Å²) in [6.45, 7) is 4.04. The molecule has 0 saturated heterocycles. The second-order valence-corrected chi connectivity index (χ2v) is 6.40. The van der Waals surface area contributed by atoms with Crippen molar-refractivity contribution < 1.29 is 4.79 Å². The summed E-state index contributed by atoms with van der Waals surface area (Å²) in [6.07, 6.45) is 2.60. The summed E-state index contributed by atoms with van der Waals surface area (Å²) in [5, 5.41) is 3.31. The van der Waals surface area contributed by atoms with Crippen LogP contribution in [0.1, 0.15) is 28.4 Å². The molecule has 1 heterocycles. The Morgan fingerprint density at radius 3 is 2.30 bits per heavy atom. The van der Waals surface area contributed by atoms with Gasteiger partial charge in [-0.25, -0.2) is 4.98 Å². The standard InChI is InChI=1S/C23H25N3O/c1-2-26(18-20-11-7-4-8-12-20)23(27)21-14-16-25-22(17-21)24-15-13-19-9-5-3-6-10-19/h3-12,14,16-17H,2,13,15,18H2,1H3,(H,24,25). The maximum atomic E-state index is 12.9. The zero-order chi connectivity index (χ0) is 18.9. The lowest BCUT2D eigenvalue weighted by Gasteiger charge is -2.21. The molecule has 0 radical (unpaired) electrons. The smallest absolute Gasteiger partial charge is 0.254 e. The average molecular weight is 359 g/mol. The molecule has 0 aliphatic carbocycles. The van der Waals surface area contributed by atoms with Gasteiger partial charge in [-0.05, 0) is 36.6 Å². The molecule has 0 bridgehead atoms. The Bertz CT molecular complexity index is 850. The van der Waals surface area contributed by atoms with E-state index in [1.165, 1.54) is 5.56 Å². The van der Waals surface area contributed by atoms with Crippen LogP contribution in [-0.4, -0.2) is 28.9 Å². The average Bonchev–Trinajstić information content (AvgIpc) is 2.73. The summed E-state index contributed by atoms with van der Waals surface area (Å²) in [4.78, 5) is 19.1. The Labute approximate surface area is 160 Å². The number of amides is 1. The van der Waals surface area contributed by atoms with E-state index in [0.29, 0.717) is 18.7 Å². The van der Waals surface area contributed by atoms with Gasteiger partial charge in [0.2, 0.25) is 0 Å². The maximum Gasteiger partial charge on any atom is 0.254 e. The first-order chi connectivity index (χ1) is 13.3. The summed E-state index contributed by atoms with van der Waals surface area (Å²) in [5.41, 5.74) is 3.06. The first-order valence-corrected chi connectivity index (χ1v) is 9.33. The van der Waals surface area contributed by atoms with Gasteiger partial charge in [0.25, 0.3) is 5.91 Å². The largest absolute Gasteiger partial charge is 0.370 e. The molecular formula is C23H25N3O. The number of carbonyl (C=O) groups excluding carboxylic acids is 1. The Hall–Kier alpha value is -3.14. The molecule has 3 aromatic rings. The highest BCUT2D eigenvalue weighted by molar-refractivity contribution is 5.94. The quantitative estimate of drug-likeness (QED) is 0.648. The minimum atomic E-state index is 0.0230. The van der Waals surface area contributed by atoms with Crippen molar-refractivity contribution in [1.29, 1.82) is 0 Å². The highest BCUT2D eigenvalue weighted by Gasteiger charge is 2.15. The van der Waals surface area contributed by atoms with Crippen LogP contribution < -0.4 is 5.32 Å². The Kier molecular flexibility index (Phi) is 6.58. The molecule has 138 valence electrons. The first-order valence-electron chi connectivity index (χ1n) is 9.33. The molecule has 1 amide bonds. The molecule has 4 heteroatoms. The number of nitrogens with one attached hydrogen (secondary N) is 1. The molecule has 27 heavy (non-hydrogen) atoms. The van der Waals surface area contributed by atoms with E-state index >= 15 is 0 Å². The normalized spacial score (nSPS) is 10.4. The SMILES string of the molecule is CCN(Cc1ccccc1)C(=O)c1ccnc(NCCc2ccccc2)c1. The van der Waals surface area contributed by atoms with E-state index in [2.05, 4.69) is 22.4 Å². The van der Waals surface area contributed by atoms with Gasteiger partial charge in [0, 0.05) is 31.4 Å². The van der Waals surface area contributed by atoms with Crippen LogP contribution >= 0.6 is 0 Å². The zero-order valence-corrected chi connectivity index (χ0v) is 15.6. The number of anilines is 1. The third-order valence-corrected chi connectivity index (χ3v) is 4.45. The number of aromatic nitrogens is 1. The molecule has 0 aliphatic rings. The lowest BCUT2D eigenvalue weighted by Crippen LogP contribution is -2.30. The zero-order valence-electron chi connectivity index (χ0n) is 15.6. The monoisotopic (exact) mass is 359 g/mol. The molecule has 3 rings (SSSR count). The van der Waals surface area contributed by atoms with Gasteiger partial charge in [0.15, 0.2) is 0 Å². The van der Waals surface area contributed by atoms with Crippen molar-refractivity contribution in [1.82, 2.24) is 9.88 Å². The molecular weight excluding hydrogens is 334 g/mol. The van der Waals surface area contributed by atoms with Crippen molar-refractivity contribution in [3.8, 4) is 0 Å². The minimum absolute atomic E-state index is 0.0230. The van der Waals surface area contributed by atoms with Crippen molar-refractivity contribution >= 4 is 11.7 Å². The number of rotatable bonds is 8. The minimum Gasteiger partial charge on any atom is -0.370 e. The van der Waals surface area contributed by atoms with E-state index in [1.54, 1.807) is 12.3 Å². The molecule has 2 aromatic carbocycles. The summed E-state index contributed by atoms with van der Waals surface area (Å²) < 4.78 is 0. The fraction of sp³-hybridized carbons (Fsp3) is 0.217. The fourth-order valence-corrected chi connectivity index (χ4v) is 2.95. The number of carbonyl (C=O) groups is 1. The summed E-state index contributed by atoms with van der Waals surface area (Å²) in [7, 11) is 0. The van der Waals surface area contributed by atoms with E-state index in [0.717, 1.165) is 24.3 Å². The highest BCUT2D eigenvalue weighted by Crippen LogP contribution is 2.13. The Balaban J connectivity index is 1.62. The first kappa shape index (κ1) is 18.6. The summed E-state index contributed by atoms with van der Waals surface area (Å²) in [5.74, 6) is 0.752. The lowest BCUT2D eigenvalue weighted by molar-refractivity contribution is 0.0752. The molecule has 1 N–H and O–H groups in total. The lowest BCUT2D eigenvalue weighted by atomic mass is 10.1. The molecule has 0 aliphatic heterocycles.